The molecule has 1 aliphatic heterocycles. The lowest BCUT2D eigenvalue weighted by Gasteiger charge is -2.11. The molecule has 0 spiro atoms. The Labute approximate surface area is 170 Å². The number of amides is 1. The number of amidine groups is 1. The molecule has 0 radical (unpaired) electrons. The number of hydrazine groups is 1. The van der Waals surface area contributed by atoms with Gasteiger partial charge in [-0.2, -0.15) is 0 Å². The minimum Gasteiger partial charge on any atom is -0.340 e. The van der Waals surface area contributed by atoms with Crippen molar-refractivity contribution in [3.8, 4) is 0 Å². The van der Waals surface area contributed by atoms with Crippen LogP contribution in [-0.4, -0.2) is 16.7 Å². The maximum atomic E-state index is 11.3. The Balaban J connectivity index is 1.59. The first kappa shape index (κ1) is 17.6. The molecule has 0 fully saturated rings. The number of rotatable bonds is 4. The predicted molar refractivity (Wildman–Crippen MR) is 116 cm³/mol. The number of carbonyl (C=O) groups excluding carboxylic acids is 1. The monoisotopic (exact) mass is 404 g/mol. The summed E-state index contributed by atoms with van der Waals surface area (Å²) in [6, 6.07) is 15.8. The molecular weight excluding hydrogens is 386 g/mol. The van der Waals surface area contributed by atoms with E-state index in [1.807, 2.05) is 36.4 Å². The molecule has 0 aliphatic carbocycles. The molecule has 0 bridgehead atoms. The molecule has 8 nitrogen and oxygen atoms in total. The van der Waals surface area contributed by atoms with Gasteiger partial charge >= 0.3 is 0 Å². The van der Waals surface area contributed by atoms with Crippen LogP contribution >= 0.6 is 11.3 Å². The molecule has 4 aromatic rings. The summed E-state index contributed by atoms with van der Waals surface area (Å²) in [6.45, 7) is 1.49. The van der Waals surface area contributed by atoms with Gasteiger partial charge in [0.1, 0.15) is 5.82 Å². The van der Waals surface area contributed by atoms with E-state index in [9.17, 15) is 4.79 Å². The van der Waals surface area contributed by atoms with Gasteiger partial charge in [0.2, 0.25) is 11.7 Å². The second kappa shape index (κ2) is 7.13. The standard InChI is InChI=1S/C20H17N7OS/c1-11(28)21-13-3-2-4-14(10-13)22-20-16-7-8-29-18(16)15-6-5-12(9-17(15)23-20)19-24-26-27-25-19/h2-10,26-27H,1H3,(H,21,28)(H,22,23)(H,24,25)/p+1. The van der Waals surface area contributed by atoms with Gasteiger partial charge in [-0.05, 0) is 40.8 Å². The molecule has 1 amide bonds. The molecule has 0 atom stereocenters. The number of thiophene rings is 1. The van der Waals surface area contributed by atoms with E-state index < -0.39 is 0 Å². The van der Waals surface area contributed by atoms with Crippen LogP contribution in [-0.2, 0) is 4.79 Å². The van der Waals surface area contributed by atoms with Crippen molar-refractivity contribution in [2.45, 2.75) is 6.92 Å². The summed E-state index contributed by atoms with van der Waals surface area (Å²) in [7, 11) is 0. The molecule has 5 rings (SSSR count). The Kier molecular flexibility index (Phi) is 4.32. The van der Waals surface area contributed by atoms with Crippen LogP contribution in [0.5, 0.6) is 0 Å². The fraction of sp³-hybridized carbons (Fsp3) is 0.0500. The lowest BCUT2D eigenvalue weighted by atomic mass is 10.1. The molecule has 0 saturated carbocycles. The van der Waals surface area contributed by atoms with E-state index in [1.165, 1.54) is 11.6 Å². The maximum Gasteiger partial charge on any atom is 0.221 e. The zero-order chi connectivity index (χ0) is 19.8. The minimum atomic E-state index is -0.103. The van der Waals surface area contributed by atoms with E-state index in [0.717, 1.165) is 44.9 Å². The first-order valence-electron chi connectivity index (χ1n) is 9.04. The van der Waals surface area contributed by atoms with Gasteiger partial charge in [0.15, 0.2) is 0 Å². The fourth-order valence-corrected chi connectivity index (χ4v) is 4.27. The third-order valence-corrected chi connectivity index (χ3v) is 5.51. The average Bonchev–Trinajstić information content (AvgIpc) is 3.40. The molecule has 0 unspecified atom stereocenters. The number of carbonyl (C=O) groups is 1. The van der Waals surface area contributed by atoms with Crippen molar-refractivity contribution in [1.29, 1.82) is 0 Å². The number of hydrogen-bond donors (Lipinski definition) is 5. The van der Waals surface area contributed by atoms with Gasteiger partial charge in [-0.25, -0.2) is 4.98 Å². The maximum absolute atomic E-state index is 11.3. The van der Waals surface area contributed by atoms with E-state index in [1.54, 1.807) is 16.9 Å². The summed E-state index contributed by atoms with van der Waals surface area (Å²) in [5.74, 6) is 1.43. The Bertz CT molecular complexity index is 1280. The summed E-state index contributed by atoms with van der Waals surface area (Å²) in [5.41, 5.74) is 10.9. The number of fused-ring (bicyclic) bond motifs is 3. The van der Waals surface area contributed by atoms with E-state index >= 15 is 0 Å². The molecule has 6 N–H and O–H groups in total. The summed E-state index contributed by atoms with van der Waals surface area (Å²) in [5, 5.41) is 14.7. The highest BCUT2D eigenvalue weighted by molar-refractivity contribution is 7.18. The van der Waals surface area contributed by atoms with Crippen molar-refractivity contribution in [2.75, 3.05) is 10.6 Å². The SMILES string of the molecule is CC(=O)Nc1cccc(Nc2nc3cc(C4=N[NH2+]NN4)ccc3c3sccc23)c1. The number of nitrogens with zero attached hydrogens (tertiary/aromatic N) is 2. The number of hydrogen-bond acceptors (Lipinski definition) is 7. The summed E-state index contributed by atoms with van der Waals surface area (Å²) < 4.78 is 1.17. The van der Waals surface area contributed by atoms with Gasteiger partial charge in [0, 0.05) is 39.3 Å². The van der Waals surface area contributed by atoms with Crippen LogP contribution in [0, 0.1) is 0 Å². The van der Waals surface area contributed by atoms with Crippen molar-refractivity contribution in [3.63, 3.8) is 0 Å². The molecule has 9 heteroatoms. The highest BCUT2D eigenvalue weighted by Gasteiger charge is 2.15. The molecule has 3 heterocycles. The number of nitrogens with one attached hydrogen (secondary N) is 4. The van der Waals surface area contributed by atoms with Gasteiger partial charge in [-0.15, -0.1) is 16.9 Å². The number of quaternary nitrogens is 1. The molecule has 2 aromatic carbocycles. The predicted octanol–water partition coefficient (Wildman–Crippen LogP) is 2.40. The summed E-state index contributed by atoms with van der Waals surface area (Å²) in [6.07, 6.45) is 0. The zero-order valence-corrected chi connectivity index (χ0v) is 16.3. The highest BCUT2D eigenvalue weighted by Crippen LogP contribution is 2.35. The lowest BCUT2D eigenvalue weighted by Crippen LogP contribution is -2.87. The Morgan fingerprint density at radius 1 is 1.10 bits per heavy atom. The smallest absolute Gasteiger partial charge is 0.221 e. The van der Waals surface area contributed by atoms with Crippen LogP contribution in [0.2, 0.25) is 0 Å². The summed E-state index contributed by atoms with van der Waals surface area (Å²) >= 11 is 1.69. The lowest BCUT2D eigenvalue weighted by molar-refractivity contribution is -0.713. The fourth-order valence-electron chi connectivity index (χ4n) is 3.33. The number of aromatic nitrogens is 1. The van der Waals surface area contributed by atoms with Crippen molar-refractivity contribution in [3.05, 3.63) is 59.5 Å². The van der Waals surface area contributed by atoms with Gasteiger partial charge in [0.25, 0.3) is 0 Å². The number of benzene rings is 2. The van der Waals surface area contributed by atoms with Crippen LogP contribution in [0.3, 0.4) is 0 Å². The number of pyridine rings is 1. The molecular formula is C20H18N7OS+. The Morgan fingerprint density at radius 3 is 2.83 bits per heavy atom. The van der Waals surface area contributed by atoms with E-state index in [-0.39, 0.29) is 5.91 Å². The van der Waals surface area contributed by atoms with Gasteiger partial charge in [0.05, 0.1) is 5.52 Å². The first-order valence-corrected chi connectivity index (χ1v) is 9.92. The number of anilines is 3. The minimum absolute atomic E-state index is 0.103. The van der Waals surface area contributed by atoms with E-state index in [2.05, 4.69) is 44.2 Å². The first-order chi connectivity index (χ1) is 14.2. The van der Waals surface area contributed by atoms with Crippen molar-refractivity contribution in [1.82, 2.24) is 15.9 Å². The number of nitrogens with two attached hydrogens (primary N) is 1. The van der Waals surface area contributed by atoms with Crippen LogP contribution in [0.25, 0.3) is 21.0 Å². The van der Waals surface area contributed by atoms with E-state index in [0.29, 0.717) is 0 Å². The average molecular weight is 404 g/mol. The molecule has 1 aliphatic rings. The van der Waals surface area contributed by atoms with Crippen LogP contribution in [0.15, 0.2) is 59.0 Å². The molecule has 144 valence electrons. The highest BCUT2D eigenvalue weighted by atomic mass is 32.1. The molecule has 29 heavy (non-hydrogen) atoms. The van der Waals surface area contributed by atoms with Crippen molar-refractivity contribution < 1.29 is 10.3 Å². The second-order valence-electron chi connectivity index (χ2n) is 6.62. The Morgan fingerprint density at radius 2 is 2.00 bits per heavy atom. The largest absolute Gasteiger partial charge is 0.340 e. The van der Waals surface area contributed by atoms with Crippen LogP contribution in [0.4, 0.5) is 17.2 Å². The normalized spacial score (nSPS) is 13.3. The Hall–Kier alpha value is -3.53. The quantitative estimate of drug-likeness (QED) is 0.336. The van der Waals surface area contributed by atoms with E-state index in [4.69, 9.17) is 4.98 Å². The van der Waals surface area contributed by atoms with Crippen LogP contribution < -0.4 is 27.1 Å². The van der Waals surface area contributed by atoms with Crippen molar-refractivity contribution in [2.24, 2.45) is 5.10 Å². The van der Waals surface area contributed by atoms with Gasteiger partial charge in [-0.1, -0.05) is 23.7 Å². The van der Waals surface area contributed by atoms with Gasteiger partial charge < -0.3 is 10.6 Å². The third kappa shape index (κ3) is 3.38. The van der Waals surface area contributed by atoms with Crippen LogP contribution in [0.1, 0.15) is 12.5 Å². The second-order valence-corrected chi connectivity index (χ2v) is 7.53. The van der Waals surface area contributed by atoms with Gasteiger partial charge in [-0.3, -0.25) is 10.2 Å². The van der Waals surface area contributed by atoms with Crippen molar-refractivity contribution >= 4 is 61.3 Å². The summed E-state index contributed by atoms with van der Waals surface area (Å²) in [4.78, 5) is 16.2. The topological polar surface area (TPSA) is 107 Å². The molecule has 2 aromatic heterocycles. The zero-order valence-electron chi connectivity index (χ0n) is 15.5. The third-order valence-electron chi connectivity index (χ3n) is 4.56. The molecule has 0 saturated heterocycles.